The van der Waals surface area contributed by atoms with Gasteiger partial charge in [0.15, 0.2) is 0 Å². The zero-order chi connectivity index (χ0) is 14.8. The number of nitrogens with one attached hydrogen (secondary N) is 1. The van der Waals surface area contributed by atoms with Gasteiger partial charge in [-0.1, -0.05) is 12.1 Å². The Morgan fingerprint density at radius 3 is 2.80 bits per heavy atom. The van der Waals surface area contributed by atoms with Gasteiger partial charge in [0.1, 0.15) is 0 Å². The van der Waals surface area contributed by atoms with Crippen LogP contribution in [-0.2, 0) is 14.9 Å². The molecule has 6 nitrogen and oxygen atoms in total. The van der Waals surface area contributed by atoms with Gasteiger partial charge >= 0.3 is 10.2 Å². The Kier molecular flexibility index (Phi) is 4.64. The van der Waals surface area contributed by atoms with E-state index in [-0.39, 0.29) is 6.10 Å². The van der Waals surface area contributed by atoms with Gasteiger partial charge in [-0.05, 0) is 24.7 Å². The van der Waals surface area contributed by atoms with Crippen molar-refractivity contribution in [1.29, 1.82) is 0 Å². The highest BCUT2D eigenvalue weighted by atomic mass is 32.2. The van der Waals surface area contributed by atoms with Crippen molar-refractivity contribution in [3.05, 3.63) is 29.8 Å². The van der Waals surface area contributed by atoms with Crippen molar-refractivity contribution in [3.63, 3.8) is 0 Å². The van der Waals surface area contributed by atoms with Crippen LogP contribution in [0.4, 0.5) is 5.69 Å². The average Bonchev–Trinajstić information content (AvgIpc) is 2.38. The summed E-state index contributed by atoms with van der Waals surface area (Å²) in [7, 11) is 1.56. The summed E-state index contributed by atoms with van der Waals surface area (Å²) in [5.74, 6) is 0. The summed E-state index contributed by atoms with van der Waals surface area (Å²) in [5.41, 5.74) is 1.53. The van der Waals surface area contributed by atoms with Crippen molar-refractivity contribution in [1.82, 2.24) is 9.21 Å². The Hall–Kier alpha value is -1.15. The molecule has 1 fully saturated rings. The molecule has 2 rings (SSSR count). The largest absolute Gasteiger partial charge is 0.371 e. The van der Waals surface area contributed by atoms with Gasteiger partial charge in [0.2, 0.25) is 0 Å². The van der Waals surface area contributed by atoms with Crippen LogP contribution in [0.25, 0.3) is 0 Å². The summed E-state index contributed by atoms with van der Waals surface area (Å²) >= 11 is 0. The van der Waals surface area contributed by atoms with Crippen molar-refractivity contribution in [3.8, 4) is 0 Å². The molecule has 0 saturated carbocycles. The molecule has 0 amide bonds. The van der Waals surface area contributed by atoms with E-state index in [1.807, 2.05) is 25.2 Å². The van der Waals surface area contributed by atoms with Gasteiger partial charge in [0.05, 0.1) is 18.4 Å². The van der Waals surface area contributed by atoms with Crippen molar-refractivity contribution in [2.75, 3.05) is 45.6 Å². The average molecular weight is 299 g/mol. The molecule has 1 aliphatic heterocycles. The molecule has 7 heteroatoms. The normalized spacial score (nSPS) is 21.1. The molecular weight excluding hydrogens is 278 g/mol. The number of morpholine rings is 1. The van der Waals surface area contributed by atoms with Crippen molar-refractivity contribution >= 4 is 15.9 Å². The fourth-order valence-electron chi connectivity index (χ4n) is 2.02. The number of hydrogen-bond acceptors (Lipinski definition) is 4. The Morgan fingerprint density at radius 1 is 1.40 bits per heavy atom. The van der Waals surface area contributed by atoms with Crippen LogP contribution in [0.5, 0.6) is 0 Å². The summed E-state index contributed by atoms with van der Waals surface area (Å²) in [6.45, 7) is 2.42. The highest BCUT2D eigenvalue weighted by molar-refractivity contribution is 7.90. The minimum Gasteiger partial charge on any atom is -0.371 e. The van der Waals surface area contributed by atoms with E-state index in [1.54, 1.807) is 6.07 Å². The first-order valence-electron chi connectivity index (χ1n) is 6.49. The monoisotopic (exact) mass is 299 g/mol. The van der Waals surface area contributed by atoms with E-state index in [9.17, 15) is 8.42 Å². The van der Waals surface area contributed by atoms with Gasteiger partial charge in [0.25, 0.3) is 0 Å². The minimum atomic E-state index is -3.48. The number of rotatable bonds is 4. The fraction of sp³-hybridized carbons (Fsp3) is 0.538. The second-order valence-electron chi connectivity index (χ2n) is 5.14. The van der Waals surface area contributed by atoms with E-state index < -0.39 is 10.2 Å². The first-order valence-corrected chi connectivity index (χ1v) is 7.93. The second kappa shape index (κ2) is 6.09. The number of benzene rings is 1. The third-order valence-corrected chi connectivity index (χ3v) is 4.71. The Balaban J connectivity index is 2.16. The standard InChI is InChI=1S/C13H21N3O3S/c1-15(2)20(17,18)14-12-6-4-5-11(9-12)13-10-16(3)7-8-19-13/h4-6,9,13-14H,7-8,10H2,1-3H3. The van der Waals surface area contributed by atoms with Crippen LogP contribution in [0.1, 0.15) is 11.7 Å². The molecule has 1 aromatic rings. The Morgan fingerprint density at radius 2 is 2.15 bits per heavy atom. The summed E-state index contributed by atoms with van der Waals surface area (Å²) in [5, 5.41) is 0. The number of likely N-dealkylation sites (N-methyl/N-ethyl adjacent to an activating group) is 1. The van der Waals surface area contributed by atoms with Crippen LogP contribution >= 0.6 is 0 Å². The van der Waals surface area contributed by atoms with Crippen LogP contribution in [0.2, 0.25) is 0 Å². The quantitative estimate of drug-likeness (QED) is 0.897. The van der Waals surface area contributed by atoms with Gasteiger partial charge in [0, 0.05) is 27.2 Å². The molecule has 1 aliphatic rings. The number of nitrogens with zero attached hydrogens (tertiary/aromatic N) is 2. The molecule has 1 atom stereocenters. The van der Waals surface area contributed by atoms with Crippen LogP contribution in [0, 0.1) is 0 Å². The number of anilines is 1. The highest BCUT2D eigenvalue weighted by Gasteiger charge is 2.20. The first-order chi connectivity index (χ1) is 9.38. The van der Waals surface area contributed by atoms with Gasteiger partial charge in [-0.25, -0.2) is 0 Å². The molecule has 1 aromatic carbocycles. The van der Waals surface area contributed by atoms with Gasteiger partial charge in [-0.3, -0.25) is 4.72 Å². The Bertz CT molecular complexity index is 560. The molecule has 20 heavy (non-hydrogen) atoms. The predicted octanol–water partition coefficient (Wildman–Crippen LogP) is 0.908. The zero-order valence-electron chi connectivity index (χ0n) is 12.0. The van der Waals surface area contributed by atoms with Crippen LogP contribution in [0.3, 0.4) is 0 Å². The maximum absolute atomic E-state index is 11.8. The van der Waals surface area contributed by atoms with E-state index in [2.05, 4.69) is 9.62 Å². The van der Waals surface area contributed by atoms with E-state index in [0.29, 0.717) is 12.3 Å². The first kappa shape index (κ1) is 15.2. The van der Waals surface area contributed by atoms with E-state index >= 15 is 0 Å². The van der Waals surface area contributed by atoms with Gasteiger partial charge in [-0.2, -0.15) is 12.7 Å². The molecule has 0 bridgehead atoms. The van der Waals surface area contributed by atoms with Crippen molar-refractivity contribution < 1.29 is 13.2 Å². The van der Waals surface area contributed by atoms with Crippen LogP contribution in [0.15, 0.2) is 24.3 Å². The van der Waals surface area contributed by atoms with E-state index in [0.717, 1.165) is 23.0 Å². The SMILES string of the molecule is CN1CCOC(c2cccc(NS(=O)(=O)N(C)C)c2)C1. The van der Waals surface area contributed by atoms with E-state index in [4.69, 9.17) is 4.74 Å². The molecule has 1 saturated heterocycles. The Labute approximate surface area is 120 Å². The lowest BCUT2D eigenvalue weighted by Gasteiger charge is -2.30. The minimum absolute atomic E-state index is 0.0161. The molecule has 1 heterocycles. The lowest BCUT2D eigenvalue weighted by atomic mass is 10.1. The molecule has 1 N–H and O–H groups in total. The third-order valence-electron chi connectivity index (χ3n) is 3.26. The molecule has 0 aromatic heterocycles. The molecule has 0 spiro atoms. The van der Waals surface area contributed by atoms with Crippen LogP contribution < -0.4 is 4.72 Å². The molecule has 0 radical (unpaired) electrons. The zero-order valence-corrected chi connectivity index (χ0v) is 12.9. The van der Waals surface area contributed by atoms with Crippen molar-refractivity contribution in [2.24, 2.45) is 0 Å². The lowest BCUT2D eigenvalue weighted by Crippen LogP contribution is -2.35. The smallest absolute Gasteiger partial charge is 0.301 e. The summed E-state index contributed by atoms with van der Waals surface area (Å²) in [4.78, 5) is 2.20. The van der Waals surface area contributed by atoms with Gasteiger partial charge < -0.3 is 9.64 Å². The molecular formula is C13H21N3O3S. The highest BCUT2D eigenvalue weighted by Crippen LogP contribution is 2.24. The van der Waals surface area contributed by atoms with Crippen molar-refractivity contribution in [2.45, 2.75) is 6.10 Å². The predicted molar refractivity (Wildman–Crippen MR) is 78.9 cm³/mol. The molecule has 0 aliphatic carbocycles. The lowest BCUT2D eigenvalue weighted by molar-refractivity contribution is -0.0208. The molecule has 112 valence electrons. The van der Waals surface area contributed by atoms with E-state index in [1.165, 1.54) is 14.1 Å². The summed E-state index contributed by atoms with van der Waals surface area (Å²) < 4.78 is 33.0. The summed E-state index contributed by atoms with van der Waals surface area (Å²) in [6.07, 6.45) is -0.0161. The summed E-state index contributed by atoms with van der Waals surface area (Å²) in [6, 6.07) is 7.35. The maximum atomic E-state index is 11.8. The number of ether oxygens (including phenoxy) is 1. The fourth-order valence-corrected chi connectivity index (χ4v) is 2.63. The van der Waals surface area contributed by atoms with Crippen LogP contribution in [-0.4, -0.2) is 58.5 Å². The topological polar surface area (TPSA) is 61.9 Å². The number of hydrogen-bond donors (Lipinski definition) is 1. The van der Waals surface area contributed by atoms with Gasteiger partial charge in [-0.15, -0.1) is 0 Å². The molecule has 1 unspecified atom stereocenters. The maximum Gasteiger partial charge on any atom is 0.301 e. The second-order valence-corrected chi connectivity index (χ2v) is 7.02. The third kappa shape index (κ3) is 3.69.